The fraction of sp³-hybridized carbons (Fsp3) is 0.250. The van der Waals surface area contributed by atoms with Crippen molar-refractivity contribution in [2.24, 2.45) is 5.41 Å². The quantitative estimate of drug-likeness (QED) is 0.745. The molecule has 1 aliphatic rings. The molecule has 1 nitrogen and oxygen atoms in total. The van der Waals surface area contributed by atoms with E-state index in [2.05, 4.69) is 24.8 Å². The molecule has 0 saturated carbocycles. The molecule has 0 aromatic heterocycles. The van der Waals surface area contributed by atoms with Gasteiger partial charge < -0.3 is 0 Å². The van der Waals surface area contributed by atoms with Gasteiger partial charge in [-0.05, 0) is 36.8 Å². The fourth-order valence-corrected chi connectivity index (χ4v) is 3.43. The first-order valence-electron chi connectivity index (χ1n) is 7.53. The van der Waals surface area contributed by atoms with Crippen LogP contribution in [0.1, 0.15) is 34.3 Å². The first kappa shape index (κ1) is 13.8. The van der Waals surface area contributed by atoms with Crippen LogP contribution in [0.15, 0.2) is 67.3 Å². The van der Waals surface area contributed by atoms with Crippen molar-refractivity contribution < 1.29 is 4.79 Å². The van der Waals surface area contributed by atoms with Gasteiger partial charge in [0.25, 0.3) is 0 Å². The molecule has 0 radical (unpaired) electrons. The van der Waals surface area contributed by atoms with E-state index in [1.165, 1.54) is 11.1 Å². The lowest BCUT2D eigenvalue weighted by molar-refractivity contribution is 0.0758. The number of fused-ring (bicyclic) bond motifs is 1. The molecule has 0 unspecified atom stereocenters. The Bertz CT molecular complexity index is 657. The Morgan fingerprint density at radius 1 is 1.05 bits per heavy atom. The molecule has 1 aliphatic carbocycles. The lowest BCUT2D eigenvalue weighted by atomic mass is 9.65. The van der Waals surface area contributed by atoms with Gasteiger partial charge in [-0.15, -0.1) is 6.58 Å². The Labute approximate surface area is 126 Å². The first-order valence-corrected chi connectivity index (χ1v) is 7.53. The smallest absolute Gasteiger partial charge is 0.169 e. The van der Waals surface area contributed by atoms with E-state index in [0.29, 0.717) is 0 Å². The lowest BCUT2D eigenvalue weighted by Crippen LogP contribution is -2.37. The topological polar surface area (TPSA) is 17.1 Å². The van der Waals surface area contributed by atoms with Crippen LogP contribution in [-0.2, 0) is 12.8 Å². The summed E-state index contributed by atoms with van der Waals surface area (Å²) in [7, 11) is 0. The van der Waals surface area contributed by atoms with Crippen LogP contribution in [0.4, 0.5) is 0 Å². The number of aryl methyl sites for hydroxylation is 1. The van der Waals surface area contributed by atoms with Crippen molar-refractivity contribution >= 4 is 5.78 Å². The summed E-state index contributed by atoms with van der Waals surface area (Å²) >= 11 is 0. The number of ketones is 1. The van der Waals surface area contributed by atoms with Crippen molar-refractivity contribution in [2.45, 2.75) is 25.7 Å². The van der Waals surface area contributed by atoms with E-state index in [-0.39, 0.29) is 11.2 Å². The summed E-state index contributed by atoms with van der Waals surface area (Å²) < 4.78 is 0. The van der Waals surface area contributed by atoms with Crippen LogP contribution in [0.3, 0.4) is 0 Å². The second-order valence-electron chi connectivity index (χ2n) is 5.92. The van der Waals surface area contributed by atoms with Gasteiger partial charge in [-0.3, -0.25) is 4.79 Å². The average Bonchev–Trinajstić information content (AvgIpc) is 2.53. The Morgan fingerprint density at radius 2 is 1.76 bits per heavy atom. The van der Waals surface area contributed by atoms with E-state index in [1.807, 2.05) is 42.5 Å². The number of carbonyl (C=O) groups is 1. The van der Waals surface area contributed by atoms with E-state index >= 15 is 0 Å². The van der Waals surface area contributed by atoms with Crippen LogP contribution in [0.2, 0.25) is 0 Å². The average molecular weight is 276 g/mol. The van der Waals surface area contributed by atoms with Crippen molar-refractivity contribution in [2.75, 3.05) is 0 Å². The van der Waals surface area contributed by atoms with Crippen molar-refractivity contribution in [3.05, 3.63) is 83.9 Å². The molecular weight excluding hydrogens is 256 g/mol. The predicted octanol–water partition coefficient (Wildman–Crippen LogP) is 4.62. The summed E-state index contributed by atoms with van der Waals surface area (Å²) in [6.07, 6.45) is 5.32. The maximum absolute atomic E-state index is 13.1. The molecule has 106 valence electrons. The molecule has 0 bridgehead atoms. The second-order valence-corrected chi connectivity index (χ2v) is 5.92. The van der Waals surface area contributed by atoms with E-state index in [1.54, 1.807) is 0 Å². The number of benzene rings is 2. The first-order chi connectivity index (χ1) is 10.2. The Balaban J connectivity index is 1.99. The highest BCUT2D eigenvalue weighted by molar-refractivity contribution is 6.03. The molecule has 0 heterocycles. The van der Waals surface area contributed by atoms with Gasteiger partial charge in [-0.1, -0.05) is 60.7 Å². The van der Waals surface area contributed by atoms with Gasteiger partial charge in [0.1, 0.15) is 0 Å². The van der Waals surface area contributed by atoms with Crippen molar-refractivity contribution in [3.63, 3.8) is 0 Å². The van der Waals surface area contributed by atoms with E-state index in [4.69, 9.17) is 0 Å². The minimum Gasteiger partial charge on any atom is -0.294 e. The standard InChI is InChI=1S/C20H20O/c1-2-13-20(15-16-8-4-3-5-9-16)14-12-17-10-6-7-11-18(17)19(20)21/h2-11H,1,12-15H2/t20-/m0/s1. The third kappa shape index (κ3) is 2.56. The van der Waals surface area contributed by atoms with Crippen LogP contribution in [-0.4, -0.2) is 5.78 Å². The largest absolute Gasteiger partial charge is 0.294 e. The Morgan fingerprint density at radius 3 is 2.52 bits per heavy atom. The SMILES string of the molecule is C=CC[C@@]1(Cc2ccccc2)CCc2ccccc2C1=O. The zero-order valence-corrected chi connectivity index (χ0v) is 12.2. The summed E-state index contributed by atoms with van der Waals surface area (Å²) in [5.41, 5.74) is 3.00. The van der Waals surface area contributed by atoms with Gasteiger partial charge >= 0.3 is 0 Å². The molecule has 0 aliphatic heterocycles. The third-order valence-corrected chi connectivity index (χ3v) is 4.54. The zero-order chi connectivity index (χ0) is 14.7. The van der Waals surface area contributed by atoms with Gasteiger partial charge in [-0.25, -0.2) is 0 Å². The molecule has 0 saturated heterocycles. The molecule has 1 heteroatoms. The molecule has 0 fully saturated rings. The van der Waals surface area contributed by atoms with Crippen molar-refractivity contribution in [1.82, 2.24) is 0 Å². The number of hydrogen-bond acceptors (Lipinski definition) is 1. The molecule has 3 rings (SSSR count). The molecule has 21 heavy (non-hydrogen) atoms. The molecule has 0 spiro atoms. The monoisotopic (exact) mass is 276 g/mol. The summed E-state index contributed by atoms with van der Waals surface area (Å²) in [4.78, 5) is 13.1. The number of hydrogen-bond donors (Lipinski definition) is 0. The van der Waals surface area contributed by atoms with Crippen LogP contribution >= 0.6 is 0 Å². The normalized spacial score (nSPS) is 20.9. The van der Waals surface area contributed by atoms with E-state index in [9.17, 15) is 4.79 Å². The number of rotatable bonds is 4. The maximum atomic E-state index is 13.1. The van der Waals surface area contributed by atoms with E-state index in [0.717, 1.165) is 31.2 Å². The van der Waals surface area contributed by atoms with Crippen molar-refractivity contribution in [1.29, 1.82) is 0 Å². The van der Waals surface area contributed by atoms with Crippen LogP contribution in [0.25, 0.3) is 0 Å². The van der Waals surface area contributed by atoms with E-state index < -0.39 is 0 Å². The lowest BCUT2D eigenvalue weighted by Gasteiger charge is -2.36. The molecule has 2 aromatic rings. The summed E-state index contributed by atoms with van der Waals surface area (Å²) in [6, 6.07) is 18.3. The highest BCUT2D eigenvalue weighted by Gasteiger charge is 2.41. The number of carbonyl (C=O) groups excluding carboxylic acids is 1. The van der Waals surface area contributed by atoms with Gasteiger partial charge in [0, 0.05) is 11.0 Å². The molecule has 0 amide bonds. The molecule has 0 N–H and O–H groups in total. The highest BCUT2D eigenvalue weighted by Crippen LogP contribution is 2.41. The van der Waals surface area contributed by atoms with Gasteiger partial charge in [0.15, 0.2) is 5.78 Å². The minimum absolute atomic E-state index is 0.285. The van der Waals surface area contributed by atoms with Crippen LogP contribution < -0.4 is 0 Å². The zero-order valence-electron chi connectivity index (χ0n) is 12.2. The summed E-state index contributed by atoms with van der Waals surface area (Å²) in [5, 5.41) is 0. The highest BCUT2D eigenvalue weighted by atomic mass is 16.1. The Kier molecular flexibility index (Phi) is 3.74. The molecular formula is C20H20O. The van der Waals surface area contributed by atoms with Crippen molar-refractivity contribution in [3.8, 4) is 0 Å². The fourth-order valence-electron chi connectivity index (χ4n) is 3.43. The van der Waals surface area contributed by atoms with Gasteiger partial charge in [-0.2, -0.15) is 0 Å². The minimum atomic E-state index is -0.322. The summed E-state index contributed by atoms with van der Waals surface area (Å²) in [6.45, 7) is 3.88. The second kappa shape index (κ2) is 5.69. The van der Waals surface area contributed by atoms with Gasteiger partial charge in [0.2, 0.25) is 0 Å². The maximum Gasteiger partial charge on any atom is 0.169 e. The van der Waals surface area contributed by atoms with Gasteiger partial charge in [0.05, 0.1) is 0 Å². The summed E-state index contributed by atoms with van der Waals surface area (Å²) in [5.74, 6) is 0.285. The predicted molar refractivity (Wildman–Crippen MR) is 86.5 cm³/mol. The van der Waals surface area contributed by atoms with Crippen LogP contribution in [0.5, 0.6) is 0 Å². The molecule has 2 aromatic carbocycles. The number of allylic oxidation sites excluding steroid dienone is 1. The molecule has 1 atom stereocenters. The van der Waals surface area contributed by atoms with Crippen LogP contribution in [0, 0.1) is 5.41 Å². The third-order valence-electron chi connectivity index (χ3n) is 4.54. The Hall–Kier alpha value is -2.15. The number of Topliss-reactive ketones (excluding diaryl/α,β-unsaturated/α-hetero) is 1.